The summed E-state index contributed by atoms with van der Waals surface area (Å²) in [5, 5.41) is 0.581. The standard InChI is InChI=1S/C31H25NO4S/c1-21-17-19-24(20-18-21)37(34,35)32-28-25-15-9-10-16-26(25)36-29(28)27(22-11-5-3-6-12-22)31(2,30(32)33)23-13-7-4-8-14-23/h3-20,27H,1-2H3/t27-,31+/m1/s1. The summed E-state index contributed by atoms with van der Waals surface area (Å²) in [6.07, 6.45) is 0. The van der Waals surface area contributed by atoms with Crippen LogP contribution >= 0.6 is 0 Å². The van der Waals surface area contributed by atoms with Gasteiger partial charge >= 0.3 is 0 Å². The average Bonchev–Trinajstić information content (AvgIpc) is 3.28. The molecule has 0 spiro atoms. The van der Waals surface area contributed by atoms with Gasteiger partial charge in [0.05, 0.1) is 16.2 Å². The van der Waals surface area contributed by atoms with Gasteiger partial charge in [0.15, 0.2) is 0 Å². The number of sulfonamides is 1. The van der Waals surface area contributed by atoms with E-state index in [4.69, 9.17) is 4.42 Å². The predicted molar refractivity (Wildman–Crippen MR) is 144 cm³/mol. The monoisotopic (exact) mass is 507 g/mol. The van der Waals surface area contributed by atoms with Crippen LogP contribution < -0.4 is 4.31 Å². The maximum absolute atomic E-state index is 14.7. The minimum Gasteiger partial charge on any atom is -0.458 e. The number of anilines is 1. The molecule has 1 aromatic heterocycles. The maximum atomic E-state index is 14.7. The highest BCUT2D eigenvalue weighted by Crippen LogP contribution is 2.55. The van der Waals surface area contributed by atoms with Gasteiger partial charge in [-0.15, -0.1) is 0 Å². The molecular weight excluding hydrogens is 482 g/mol. The molecule has 4 aromatic carbocycles. The molecule has 6 heteroatoms. The number of amides is 1. The summed E-state index contributed by atoms with van der Waals surface area (Å²) in [7, 11) is -4.26. The predicted octanol–water partition coefficient (Wildman–Crippen LogP) is 6.57. The Labute approximate surface area is 216 Å². The van der Waals surface area contributed by atoms with Gasteiger partial charge in [0.2, 0.25) is 0 Å². The fourth-order valence-corrected chi connectivity index (χ4v) is 6.93. The average molecular weight is 508 g/mol. The summed E-state index contributed by atoms with van der Waals surface area (Å²) < 4.78 is 35.9. The van der Waals surface area contributed by atoms with Crippen LogP contribution in [-0.4, -0.2) is 14.3 Å². The van der Waals surface area contributed by atoms with Crippen LogP contribution in [0.25, 0.3) is 11.0 Å². The van der Waals surface area contributed by atoms with Crippen LogP contribution in [0.2, 0.25) is 0 Å². The van der Waals surface area contributed by atoms with Crippen molar-refractivity contribution in [2.45, 2.75) is 30.1 Å². The van der Waals surface area contributed by atoms with Crippen molar-refractivity contribution in [3.05, 3.63) is 132 Å². The molecule has 184 valence electrons. The molecule has 2 heterocycles. The van der Waals surface area contributed by atoms with Crippen molar-refractivity contribution in [2.75, 3.05) is 4.31 Å². The number of carbonyl (C=O) groups is 1. The number of rotatable bonds is 4. The van der Waals surface area contributed by atoms with Gasteiger partial charge in [-0.25, -0.2) is 8.42 Å². The molecule has 5 aromatic rings. The third kappa shape index (κ3) is 3.44. The lowest BCUT2D eigenvalue weighted by molar-refractivity contribution is -0.123. The zero-order valence-corrected chi connectivity index (χ0v) is 21.3. The number of aryl methyl sites for hydroxylation is 1. The molecule has 5 nitrogen and oxygen atoms in total. The fourth-order valence-electron chi connectivity index (χ4n) is 5.40. The third-order valence-electron chi connectivity index (χ3n) is 7.33. The number of hydrogen-bond acceptors (Lipinski definition) is 4. The van der Waals surface area contributed by atoms with Gasteiger partial charge in [0, 0.05) is 5.39 Å². The molecular formula is C31H25NO4S. The minimum absolute atomic E-state index is 0.0521. The Bertz CT molecular complexity index is 1730. The first-order valence-corrected chi connectivity index (χ1v) is 13.6. The maximum Gasteiger partial charge on any atom is 0.271 e. The summed E-state index contributed by atoms with van der Waals surface area (Å²) in [5.74, 6) is -0.614. The SMILES string of the molecule is Cc1ccc(S(=O)(=O)N2C(=O)[C@@](C)(c3ccccc3)[C@H](c3ccccc3)c3oc4ccccc4c32)cc1. The topological polar surface area (TPSA) is 67.6 Å². The Hall–Kier alpha value is -4.16. The third-order valence-corrected chi connectivity index (χ3v) is 9.03. The lowest BCUT2D eigenvalue weighted by Crippen LogP contribution is -2.54. The molecule has 6 rings (SSSR count). The van der Waals surface area contributed by atoms with Crippen molar-refractivity contribution in [3.63, 3.8) is 0 Å². The van der Waals surface area contributed by atoms with Gasteiger partial charge in [-0.2, -0.15) is 4.31 Å². The summed E-state index contributed by atoms with van der Waals surface area (Å²) in [5.41, 5.74) is 2.06. The van der Waals surface area contributed by atoms with Gasteiger partial charge in [0.1, 0.15) is 17.0 Å². The minimum atomic E-state index is -4.26. The quantitative estimate of drug-likeness (QED) is 0.276. The van der Waals surface area contributed by atoms with Crippen molar-refractivity contribution in [2.24, 2.45) is 0 Å². The van der Waals surface area contributed by atoms with Gasteiger partial charge in [-0.05, 0) is 49.2 Å². The number of carbonyl (C=O) groups excluding carboxylic acids is 1. The van der Waals surface area contributed by atoms with Crippen LogP contribution in [0.4, 0.5) is 5.69 Å². The number of fused-ring (bicyclic) bond motifs is 3. The van der Waals surface area contributed by atoms with Crippen LogP contribution in [0, 0.1) is 6.92 Å². The van der Waals surface area contributed by atoms with Crippen molar-refractivity contribution in [3.8, 4) is 0 Å². The highest BCUT2D eigenvalue weighted by Gasteiger charge is 2.57. The van der Waals surface area contributed by atoms with Crippen molar-refractivity contribution in [1.82, 2.24) is 0 Å². The van der Waals surface area contributed by atoms with Crippen LogP contribution in [-0.2, 0) is 20.2 Å². The van der Waals surface area contributed by atoms with E-state index in [1.807, 2.05) is 86.6 Å². The zero-order valence-electron chi connectivity index (χ0n) is 20.5. The molecule has 1 amide bonds. The molecule has 0 saturated carbocycles. The second-order valence-electron chi connectivity index (χ2n) is 9.61. The highest BCUT2D eigenvalue weighted by molar-refractivity contribution is 7.93. The second-order valence-corrected chi connectivity index (χ2v) is 11.4. The van der Waals surface area contributed by atoms with E-state index in [2.05, 4.69) is 0 Å². The Morgan fingerprint density at radius 2 is 1.38 bits per heavy atom. The van der Waals surface area contributed by atoms with E-state index < -0.39 is 27.3 Å². The van der Waals surface area contributed by atoms with Gasteiger partial charge < -0.3 is 4.42 Å². The van der Waals surface area contributed by atoms with E-state index in [0.717, 1.165) is 15.4 Å². The van der Waals surface area contributed by atoms with E-state index in [0.29, 0.717) is 22.3 Å². The molecule has 1 aliphatic heterocycles. The molecule has 0 bridgehead atoms. The first-order valence-electron chi connectivity index (χ1n) is 12.1. The number of para-hydroxylation sites is 1. The second kappa shape index (κ2) is 8.46. The van der Waals surface area contributed by atoms with Crippen molar-refractivity contribution in [1.29, 1.82) is 0 Å². The number of benzene rings is 4. The first-order chi connectivity index (χ1) is 17.8. The zero-order chi connectivity index (χ0) is 25.8. The first kappa shape index (κ1) is 23.3. The van der Waals surface area contributed by atoms with E-state index >= 15 is 0 Å². The van der Waals surface area contributed by atoms with Crippen LogP contribution in [0.1, 0.15) is 35.3 Å². The fraction of sp³-hybridized carbons (Fsp3) is 0.129. The summed E-state index contributed by atoms with van der Waals surface area (Å²) in [6, 6.07) is 32.9. The van der Waals surface area contributed by atoms with Crippen LogP contribution in [0.15, 0.2) is 119 Å². The smallest absolute Gasteiger partial charge is 0.271 e. The van der Waals surface area contributed by atoms with Crippen LogP contribution in [0.5, 0.6) is 0 Å². The molecule has 1 aliphatic rings. The van der Waals surface area contributed by atoms with E-state index in [1.165, 1.54) is 0 Å². The summed E-state index contributed by atoms with van der Waals surface area (Å²) in [6.45, 7) is 3.71. The van der Waals surface area contributed by atoms with E-state index in [9.17, 15) is 13.2 Å². The Balaban J connectivity index is 1.72. The Morgan fingerprint density at radius 3 is 2.05 bits per heavy atom. The molecule has 2 atom stereocenters. The molecule has 0 N–H and O–H groups in total. The van der Waals surface area contributed by atoms with Gasteiger partial charge in [-0.1, -0.05) is 90.5 Å². The summed E-state index contributed by atoms with van der Waals surface area (Å²) in [4.78, 5) is 14.8. The number of hydrogen-bond donors (Lipinski definition) is 0. The van der Waals surface area contributed by atoms with Gasteiger partial charge in [-0.3, -0.25) is 4.79 Å². The van der Waals surface area contributed by atoms with Crippen molar-refractivity contribution >= 4 is 32.6 Å². The molecule has 0 radical (unpaired) electrons. The molecule has 37 heavy (non-hydrogen) atoms. The Kier molecular flexibility index (Phi) is 5.31. The van der Waals surface area contributed by atoms with Crippen LogP contribution in [0.3, 0.4) is 0 Å². The van der Waals surface area contributed by atoms with E-state index in [1.54, 1.807) is 36.4 Å². The van der Waals surface area contributed by atoms with E-state index in [-0.39, 0.29) is 10.6 Å². The molecule has 0 unspecified atom stereocenters. The largest absolute Gasteiger partial charge is 0.458 e. The summed E-state index contributed by atoms with van der Waals surface area (Å²) >= 11 is 0. The molecule has 0 fully saturated rings. The molecule has 0 aliphatic carbocycles. The molecule has 0 saturated heterocycles. The Morgan fingerprint density at radius 1 is 0.784 bits per heavy atom. The lowest BCUT2D eigenvalue weighted by atomic mass is 9.65. The lowest BCUT2D eigenvalue weighted by Gasteiger charge is -2.43. The van der Waals surface area contributed by atoms with Crippen molar-refractivity contribution < 1.29 is 17.6 Å². The number of nitrogens with zero attached hydrogens (tertiary/aromatic N) is 1. The normalized spacial score (nSPS) is 19.7. The number of furan rings is 1. The highest BCUT2D eigenvalue weighted by atomic mass is 32.2. The van der Waals surface area contributed by atoms with Gasteiger partial charge in [0.25, 0.3) is 15.9 Å².